The van der Waals surface area contributed by atoms with Crippen LogP contribution in [0, 0.1) is 12.8 Å². The van der Waals surface area contributed by atoms with Crippen LogP contribution in [0.1, 0.15) is 28.6 Å². The van der Waals surface area contributed by atoms with Gasteiger partial charge in [0.2, 0.25) is 0 Å². The predicted molar refractivity (Wildman–Crippen MR) is 69.3 cm³/mol. The molecule has 1 aliphatic heterocycles. The molecule has 0 radical (unpaired) electrons. The summed E-state index contributed by atoms with van der Waals surface area (Å²) in [5.74, 6) is 0.621. The van der Waals surface area contributed by atoms with E-state index < -0.39 is 0 Å². The number of hydrogen-bond acceptors (Lipinski definition) is 2. The van der Waals surface area contributed by atoms with E-state index in [1.54, 1.807) is 11.3 Å². The van der Waals surface area contributed by atoms with Crippen molar-refractivity contribution < 1.29 is 4.74 Å². The average molecular weight is 310 g/mol. The Morgan fingerprint density at radius 3 is 2.87 bits per heavy atom. The lowest BCUT2D eigenvalue weighted by atomic mass is 10.0. The minimum atomic E-state index is 0.284. The highest BCUT2D eigenvalue weighted by atomic mass is 79.9. The van der Waals surface area contributed by atoms with Crippen LogP contribution in [0.3, 0.4) is 0 Å². The number of rotatable bonds is 2. The maximum Gasteiger partial charge on any atom is 0.0960 e. The molecule has 0 saturated carbocycles. The molecule has 1 nitrogen and oxygen atoms in total. The first-order valence-electron chi connectivity index (χ1n) is 5.11. The van der Waals surface area contributed by atoms with Gasteiger partial charge in [-0.25, -0.2) is 0 Å². The maximum atomic E-state index is 6.07. The van der Waals surface area contributed by atoms with Gasteiger partial charge in [-0.3, -0.25) is 0 Å². The number of ether oxygens (including phenoxy) is 1. The fourth-order valence-electron chi connectivity index (χ4n) is 1.87. The van der Waals surface area contributed by atoms with Crippen molar-refractivity contribution in [2.45, 2.75) is 31.2 Å². The molecular formula is C11H14BrClOS. The van der Waals surface area contributed by atoms with E-state index in [0.29, 0.717) is 12.0 Å². The fraction of sp³-hybridized carbons (Fsp3) is 0.636. The first-order valence-corrected chi connectivity index (χ1v) is 7.22. The standard InChI is InChI=1S/C11H14BrClOS/c1-6-3-4-14-10(6)9(12)8-5-7(2)11(13)15-8/h5-6,9-10H,3-4H2,1-2H3. The van der Waals surface area contributed by atoms with Gasteiger partial charge in [-0.05, 0) is 30.9 Å². The van der Waals surface area contributed by atoms with Gasteiger partial charge in [0.25, 0.3) is 0 Å². The van der Waals surface area contributed by atoms with Gasteiger partial charge >= 0.3 is 0 Å². The Labute approximate surface area is 108 Å². The molecule has 0 amide bonds. The number of alkyl halides is 1. The van der Waals surface area contributed by atoms with Crippen molar-refractivity contribution in [3.8, 4) is 0 Å². The Hall–Kier alpha value is 0.430. The van der Waals surface area contributed by atoms with E-state index in [9.17, 15) is 0 Å². The summed E-state index contributed by atoms with van der Waals surface area (Å²) in [6.07, 6.45) is 1.45. The van der Waals surface area contributed by atoms with Crippen molar-refractivity contribution in [2.24, 2.45) is 5.92 Å². The lowest BCUT2D eigenvalue weighted by Gasteiger charge is -2.19. The Bertz CT molecular complexity index is 333. The topological polar surface area (TPSA) is 9.23 Å². The van der Waals surface area contributed by atoms with E-state index in [0.717, 1.165) is 22.9 Å². The molecule has 2 heterocycles. The van der Waals surface area contributed by atoms with Gasteiger partial charge in [-0.1, -0.05) is 34.5 Å². The molecule has 0 bridgehead atoms. The zero-order valence-corrected chi connectivity index (χ0v) is 12.0. The van der Waals surface area contributed by atoms with Gasteiger partial charge in [0, 0.05) is 11.5 Å². The highest BCUT2D eigenvalue weighted by molar-refractivity contribution is 9.09. The summed E-state index contributed by atoms with van der Waals surface area (Å²) in [7, 11) is 0. The second-order valence-corrected chi connectivity index (χ2v) is 6.78. The van der Waals surface area contributed by atoms with E-state index in [1.807, 2.05) is 6.92 Å². The molecule has 84 valence electrons. The summed E-state index contributed by atoms with van der Waals surface area (Å²) in [6.45, 7) is 5.17. The molecule has 3 atom stereocenters. The quantitative estimate of drug-likeness (QED) is 0.727. The molecule has 0 N–H and O–H groups in total. The molecular weight excluding hydrogens is 296 g/mol. The van der Waals surface area contributed by atoms with E-state index in [1.165, 1.54) is 4.88 Å². The van der Waals surface area contributed by atoms with Crippen molar-refractivity contribution in [3.63, 3.8) is 0 Å². The van der Waals surface area contributed by atoms with Gasteiger partial charge < -0.3 is 4.74 Å². The summed E-state index contributed by atoms with van der Waals surface area (Å²) >= 11 is 11.5. The van der Waals surface area contributed by atoms with Crippen LogP contribution in [-0.2, 0) is 4.74 Å². The van der Waals surface area contributed by atoms with Crippen molar-refractivity contribution in [2.75, 3.05) is 6.61 Å². The molecule has 0 spiro atoms. The van der Waals surface area contributed by atoms with Gasteiger partial charge in [0.15, 0.2) is 0 Å². The first-order chi connectivity index (χ1) is 7.09. The maximum absolute atomic E-state index is 6.07. The summed E-state index contributed by atoms with van der Waals surface area (Å²) < 4.78 is 6.64. The Balaban J connectivity index is 2.16. The zero-order chi connectivity index (χ0) is 11.0. The van der Waals surface area contributed by atoms with Gasteiger partial charge in [-0.15, -0.1) is 11.3 Å². The minimum Gasteiger partial charge on any atom is -0.376 e. The summed E-state index contributed by atoms with van der Waals surface area (Å²) in [5.41, 5.74) is 1.16. The SMILES string of the molecule is Cc1cc(C(Br)C2OCCC2C)sc1Cl. The Kier molecular flexibility index (Phi) is 3.76. The van der Waals surface area contributed by atoms with Crippen LogP contribution in [0.25, 0.3) is 0 Å². The van der Waals surface area contributed by atoms with Crippen LogP contribution < -0.4 is 0 Å². The second kappa shape index (κ2) is 4.74. The lowest BCUT2D eigenvalue weighted by molar-refractivity contribution is 0.0941. The summed E-state index contributed by atoms with van der Waals surface area (Å²) in [5, 5.41) is 0. The van der Waals surface area contributed by atoms with Crippen LogP contribution >= 0.6 is 38.9 Å². The molecule has 3 unspecified atom stereocenters. The smallest absolute Gasteiger partial charge is 0.0960 e. The molecule has 15 heavy (non-hydrogen) atoms. The third kappa shape index (κ3) is 2.41. The first kappa shape index (κ1) is 11.9. The number of aryl methyl sites for hydroxylation is 1. The lowest BCUT2D eigenvalue weighted by Crippen LogP contribution is -2.18. The molecule has 4 heteroatoms. The third-order valence-electron chi connectivity index (χ3n) is 2.88. The monoisotopic (exact) mass is 308 g/mol. The minimum absolute atomic E-state index is 0.284. The van der Waals surface area contributed by atoms with Crippen LogP contribution in [-0.4, -0.2) is 12.7 Å². The van der Waals surface area contributed by atoms with Crippen molar-refractivity contribution >= 4 is 38.9 Å². The molecule has 2 rings (SSSR count). The van der Waals surface area contributed by atoms with Crippen LogP contribution in [0.2, 0.25) is 4.34 Å². The van der Waals surface area contributed by atoms with Crippen molar-refractivity contribution in [1.29, 1.82) is 0 Å². The number of hydrogen-bond donors (Lipinski definition) is 0. The average Bonchev–Trinajstić information content (AvgIpc) is 2.74. The van der Waals surface area contributed by atoms with Crippen LogP contribution in [0.5, 0.6) is 0 Å². The Morgan fingerprint density at radius 1 is 1.67 bits per heavy atom. The highest BCUT2D eigenvalue weighted by Crippen LogP contribution is 2.42. The summed E-state index contributed by atoms with van der Waals surface area (Å²) in [4.78, 5) is 1.56. The third-order valence-corrected chi connectivity index (χ3v) is 5.84. The normalized spacial score (nSPS) is 28.3. The van der Waals surface area contributed by atoms with Crippen LogP contribution in [0.15, 0.2) is 6.07 Å². The number of halogens is 2. The molecule has 1 fully saturated rings. The van der Waals surface area contributed by atoms with Gasteiger partial charge in [-0.2, -0.15) is 0 Å². The molecule has 1 saturated heterocycles. The van der Waals surface area contributed by atoms with Crippen molar-refractivity contribution in [1.82, 2.24) is 0 Å². The highest BCUT2D eigenvalue weighted by Gasteiger charge is 2.32. The molecule has 0 aliphatic carbocycles. The van der Waals surface area contributed by atoms with E-state index in [2.05, 4.69) is 28.9 Å². The van der Waals surface area contributed by atoms with Gasteiger partial charge in [0.05, 0.1) is 15.3 Å². The number of thiophene rings is 1. The summed E-state index contributed by atoms with van der Waals surface area (Å²) in [6, 6.07) is 2.15. The fourth-order valence-corrected chi connectivity index (χ4v) is 4.19. The largest absolute Gasteiger partial charge is 0.376 e. The molecule has 0 aromatic carbocycles. The molecule has 1 aliphatic rings. The Morgan fingerprint density at radius 2 is 2.40 bits per heavy atom. The predicted octanol–water partition coefficient (Wildman–Crippen LogP) is 4.57. The van der Waals surface area contributed by atoms with E-state index in [4.69, 9.17) is 16.3 Å². The van der Waals surface area contributed by atoms with Crippen LogP contribution in [0.4, 0.5) is 0 Å². The van der Waals surface area contributed by atoms with E-state index in [-0.39, 0.29) is 4.83 Å². The molecule has 1 aromatic heterocycles. The zero-order valence-electron chi connectivity index (χ0n) is 8.80. The second-order valence-electron chi connectivity index (χ2n) is 4.11. The van der Waals surface area contributed by atoms with Crippen molar-refractivity contribution in [3.05, 3.63) is 20.8 Å². The molecule has 1 aromatic rings. The van der Waals surface area contributed by atoms with E-state index >= 15 is 0 Å². The van der Waals surface area contributed by atoms with Gasteiger partial charge in [0.1, 0.15) is 0 Å².